The Morgan fingerprint density at radius 3 is 2.00 bits per heavy atom. The first-order valence-electron chi connectivity index (χ1n) is 1.50. The van der Waals surface area contributed by atoms with Crippen LogP contribution in [0.1, 0.15) is 6.92 Å². The molecule has 1 nitrogen and oxygen atoms in total. The molecule has 0 saturated heterocycles. The highest BCUT2D eigenvalue weighted by molar-refractivity contribution is 6.41. The van der Waals surface area contributed by atoms with E-state index in [2.05, 4.69) is 6.58 Å². The molecular weight excluding hydrogens is 99.5 g/mol. The Morgan fingerprint density at radius 1 is 1.83 bits per heavy atom. The van der Waals surface area contributed by atoms with E-state index in [4.69, 9.17) is 11.6 Å². The fraction of sp³-hybridized carbons (Fsp3) is 0.250. The van der Waals surface area contributed by atoms with Crippen LogP contribution in [-0.2, 0) is 4.79 Å². The van der Waals surface area contributed by atoms with Crippen molar-refractivity contribution in [1.82, 2.24) is 0 Å². The molecule has 0 heterocycles. The Labute approximate surface area is 41.6 Å². The summed E-state index contributed by atoms with van der Waals surface area (Å²) in [5.41, 5.74) is 0. The minimum atomic E-state index is -0.170. The lowest BCUT2D eigenvalue weighted by atomic mass is 10.4. The van der Waals surface area contributed by atoms with Crippen molar-refractivity contribution in [3.63, 3.8) is 0 Å². The lowest BCUT2D eigenvalue weighted by molar-refractivity contribution is -0.113. The second kappa shape index (κ2) is 1.98. The van der Waals surface area contributed by atoms with Gasteiger partial charge in [-0.1, -0.05) is 18.2 Å². The fourth-order valence-electron chi connectivity index (χ4n) is 0. The summed E-state index contributed by atoms with van der Waals surface area (Å²) in [4.78, 5) is 9.91. The van der Waals surface area contributed by atoms with Gasteiger partial charge in [0.05, 0.1) is 5.03 Å². The summed E-state index contributed by atoms with van der Waals surface area (Å²) >= 11 is 5.07. The molecule has 0 aromatic rings. The van der Waals surface area contributed by atoms with Crippen LogP contribution in [0.2, 0.25) is 0 Å². The van der Waals surface area contributed by atoms with Crippen LogP contribution in [0.3, 0.4) is 0 Å². The SMILES string of the molecule is C=C(Cl)C(C)=O. The van der Waals surface area contributed by atoms with Crippen molar-refractivity contribution in [3.8, 4) is 0 Å². The summed E-state index contributed by atoms with van der Waals surface area (Å²) < 4.78 is 0. The number of allylic oxidation sites excluding steroid dienone is 1. The predicted molar refractivity (Wildman–Crippen MR) is 25.7 cm³/mol. The zero-order chi connectivity index (χ0) is 5.15. The molecule has 0 amide bonds. The predicted octanol–water partition coefficient (Wildman–Crippen LogP) is 1.33. The van der Waals surface area contributed by atoms with Crippen molar-refractivity contribution < 1.29 is 4.79 Å². The molecule has 0 bridgehead atoms. The van der Waals surface area contributed by atoms with Crippen molar-refractivity contribution in [1.29, 1.82) is 0 Å². The molecule has 0 N–H and O–H groups in total. The van der Waals surface area contributed by atoms with E-state index >= 15 is 0 Å². The highest BCUT2D eigenvalue weighted by Gasteiger charge is 1.89. The molecule has 34 valence electrons. The van der Waals surface area contributed by atoms with Gasteiger partial charge in [0.15, 0.2) is 5.78 Å². The quantitative estimate of drug-likeness (QED) is 0.459. The third-order valence-corrected chi connectivity index (χ3v) is 0.648. The lowest BCUT2D eigenvalue weighted by Gasteiger charge is -1.77. The van der Waals surface area contributed by atoms with E-state index in [-0.39, 0.29) is 10.8 Å². The molecule has 0 aliphatic heterocycles. The van der Waals surface area contributed by atoms with Crippen molar-refractivity contribution in [2.75, 3.05) is 0 Å². The van der Waals surface area contributed by atoms with Crippen LogP contribution in [0.15, 0.2) is 11.6 Å². The average molecular weight is 105 g/mol. The number of ketones is 1. The summed E-state index contributed by atoms with van der Waals surface area (Å²) in [6, 6.07) is 0. The monoisotopic (exact) mass is 104 g/mol. The lowest BCUT2D eigenvalue weighted by Crippen LogP contribution is -1.83. The number of halogens is 1. The first-order chi connectivity index (χ1) is 2.64. The van der Waals surface area contributed by atoms with Gasteiger partial charge in [0, 0.05) is 6.92 Å². The van der Waals surface area contributed by atoms with Gasteiger partial charge in [-0.25, -0.2) is 0 Å². The Balaban J connectivity index is 3.57. The van der Waals surface area contributed by atoms with E-state index in [9.17, 15) is 4.79 Å². The number of Topliss-reactive ketones (excluding diaryl/α,β-unsaturated/α-hetero) is 1. The molecule has 0 aromatic heterocycles. The molecule has 0 atom stereocenters. The van der Waals surface area contributed by atoms with Crippen LogP contribution in [0.25, 0.3) is 0 Å². The molecular formula is C4H5ClO. The number of hydrogen-bond acceptors (Lipinski definition) is 1. The molecule has 2 heteroatoms. The summed E-state index contributed by atoms with van der Waals surface area (Å²) in [7, 11) is 0. The van der Waals surface area contributed by atoms with Crippen LogP contribution in [0.4, 0.5) is 0 Å². The summed E-state index contributed by atoms with van der Waals surface area (Å²) in [5, 5.41) is 0.0926. The van der Waals surface area contributed by atoms with E-state index in [1.54, 1.807) is 0 Å². The maximum atomic E-state index is 9.91. The Morgan fingerprint density at radius 2 is 2.00 bits per heavy atom. The van der Waals surface area contributed by atoms with Gasteiger partial charge in [0.25, 0.3) is 0 Å². The van der Waals surface area contributed by atoms with Crippen LogP contribution in [0, 0.1) is 0 Å². The third-order valence-electron chi connectivity index (χ3n) is 0.382. The summed E-state index contributed by atoms with van der Waals surface area (Å²) in [6.07, 6.45) is 0. The van der Waals surface area contributed by atoms with Gasteiger partial charge in [-0.05, 0) is 0 Å². The van der Waals surface area contributed by atoms with Crippen LogP contribution in [0.5, 0.6) is 0 Å². The van der Waals surface area contributed by atoms with Gasteiger partial charge < -0.3 is 0 Å². The first kappa shape index (κ1) is 5.70. The number of carbonyl (C=O) groups excluding carboxylic acids is 1. The molecule has 0 aromatic carbocycles. The number of carbonyl (C=O) groups is 1. The normalized spacial score (nSPS) is 7.67. The van der Waals surface area contributed by atoms with Gasteiger partial charge in [-0.2, -0.15) is 0 Å². The van der Waals surface area contributed by atoms with E-state index in [1.165, 1.54) is 6.92 Å². The van der Waals surface area contributed by atoms with Crippen LogP contribution in [-0.4, -0.2) is 5.78 Å². The highest BCUT2D eigenvalue weighted by Crippen LogP contribution is 1.94. The average Bonchev–Trinajstić information content (AvgIpc) is 1.36. The van der Waals surface area contributed by atoms with Crippen LogP contribution < -0.4 is 0 Å². The van der Waals surface area contributed by atoms with Gasteiger partial charge in [-0.3, -0.25) is 4.79 Å². The molecule has 0 aliphatic rings. The van der Waals surface area contributed by atoms with Crippen molar-refractivity contribution in [3.05, 3.63) is 11.6 Å². The molecule has 0 unspecified atom stereocenters. The van der Waals surface area contributed by atoms with Gasteiger partial charge in [0.2, 0.25) is 0 Å². The number of rotatable bonds is 1. The van der Waals surface area contributed by atoms with Gasteiger partial charge in [-0.15, -0.1) is 0 Å². The highest BCUT2D eigenvalue weighted by atomic mass is 35.5. The second-order valence-corrected chi connectivity index (χ2v) is 1.42. The van der Waals surface area contributed by atoms with Crippen LogP contribution >= 0.6 is 11.6 Å². The minimum absolute atomic E-state index is 0.0926. The molecule has 6 heavy (non-hydrogen) atoms. The molecule has 0 aliphatic carbocycles. The van der Waals surface area contributed by atoms with Crippen molar-refractivity contribution >= 4 is 17.4 Å². The zero-order valence-corrected chi connectivity index (χ0v) is 4.25. The molecule has 0 fully saturated rings. The van der Waals surface area contributed by atoms with Gasteiger partial charge in [0.1, 0.15) is 0 Å². The standard InChI is InChI=1S/C4H5ClO/c1-3(5)4(2)6/h1H2,2H3. The third kappa shape index (κ3) is 1.97. The number of hydrogen-bond donors (Lipinski definition) is 0. The Bertz CT molecular complexity index is 73.5. The topological polar surface area (TPSA) is 17.1 Å². The second-order valence-electron chi connectivity index (χ2n) is 0.961. The zero-order valence-electron chi connectivity index (χ0n) is 3.49. The maximum Gasteiger partial charge on any atom is 0.170 e. The summed E-state index contributed by atoms with van der Waals surface area (Å²) in [6.45, 7) is 4.54. The maximum absolute atomic E-state index is 9.91. The van der Waals surface area contributed by atoms with Gasteiger partial charge >= 0.3 is 0 Å². The smallest absolute Gasteiger partial charge is 0.170 e. The summed E-state index contributed by atoms with van der Waals surface area (Å²) in [5.74, 6) is -0.170. The largest absolute Gasteiger partial charge is 0.294 e. The van der Waals surface area contributed by atoms with Crippen molar-refractivity contribution in [2.45, 2.75) is 6.92 Å². The van der Waals surface area contributed by atoms with Crippen molar-refractivity contribution in [2.24, 2.45) is 0 Å². The van der Waals surface area contributed by atoms with E-state index in [1.807, 2.05) is 0 Å². The molecule has 0 rings (SSSR count). The fourth-order valence-corrected chi connectivity index (χ4v) is 0. The minimum Gasteiger partial charge on any atom is -0.294 e. The Hall–Kier alpha value is -0.300. The molecule has 0 radical (unpaired) electrons. The molecule has 0 spiro atoms. The molecule has 0 saturated carbocycles. The first-order valence-corrected chi connectivity index (χ1v) is 1.87. The van der Waals surface area contributed by atoms with E-state index < -0.39 is 0 Å². The van der Waals surface area contributed by atoms with E-state index in [0.29, 0.717) is 0 Å². The Kier molecular flexibility index (Phi) is 1.88. The van der Waals surface area contributed by atoms with E-state index in [0.717, 1.165) is 0 Å².